The van der Waals surface area contributed by atoms with Gasteiger partial charge >= 0.3 is 0 Å². The third-order valence-electron chi connectivity index (χ3n) is 6.77. The van der Waals surface area contributed by atoms with E-state index in [4.69, 9.17) is 19.6 Å². The number of carbonyl (C=O) groups is 1. The van der Waals surface area contributed by atoms with Crippen LogP contribution in [0.25, 0.3) is 11.0 Å². The Bertz CT molecular complexity index is 1490. The number of phenolic OH excluding ortho intramolecular Hbond substituents is 1. The summed E-state index contributed by atoms with van der Waals surface area (Å²) < 4.78 is 43.7. The van der Waals surface area contributed by atoms with Gasteiger partial charge < -0.3 is 34.7 Å². The molecular weight excluding hydrogens is 522 g/mol. The maximum atomic E-state index is 14.1. The molecule has 0 radical (unpaired) electrons. The second kappa shape index (κ2) is 12.4. The number of ether oxygens (including phenoxy) is 2. The molecule has 8 nitrogen and oxygen atoms in total. The summed E-state index contributed by atoms with van der Waals surface area (Å²) in [4.78, 5) is 15.4. The minimum absolute atomic E-state index is 0.0351. The van der Waals surface area contributed by atoms with Crippen molar-refractivity contribution in [2.75, 3.05) is 20.8 Å². The van der Waals surface area contributed by atoms with Gasteiger partial charge in [0.25, 0.3) is 5.91 Å². The van der Waals surface area contributed by atoms with Gasteiger partial charge in [0.1, 0.15) is 22.9 Å². The molecular formula is C30H32F2N2O6. The van der Waals surface area contributed by atoms with Crippen molar-refractivity contribution in [1.29, 1.82) is 0 Å². The summed E-state index contributed by atoms with van der Waals surface area (Å²) in [6, 6.07) is 11.3. The second-order valence-corrected chi connectivity index (χ2v) is 9.53. The van der Waals surface area contributed by atoms with E-state index >= 15 is 0 Å². The Morgan fingerprint density at radius 1 is 1.02 bits per heavy atom. The summed E-state index contributed by atoms with van der Waals surface area (Å²) in [5, 5.41) is 22.6. The average Bonchev–Trinajstić information content (AvgIpc) is 3.40. The summed E-state index contributed by atoms with van der Waals surface area (Å²) in [5.41, 5.74) is 8.37. The number of aliphatic hydroxyl groups excluding tert-OH is 1. The predicted octanol–water partition coefficient (Wildman–Crippen LogP) is 4.57. The van der Waals surface area contributed by atoms with Gasteiger partial charge in [0.05, 0.1) is 32.0 Å². The fraction of sp³-hybridized carbons (Fsp3) is 0.300. The number of carbonyl (C=O) groups excluding carboxylic acids is 1. The molecule has 0 unspecified atom stereocenters. The summed E-state index contributed by atoms with van der Waals surface area (Å²) in [5.74, 6) is -2.60. The highest BCUT2D eigenvalue weighted by atomic mass is 19.1. The van der Waals surface area contributed by atoms with Gasteiger partial charge in [0, 0.05) is 25.2 Å². The fourth-order valence-electron chi connectivity index (χ4n) is 4.77. The number of aryl methyl sites for hydroxylation is 1. The molecule has 0 bridgehead atoms. The van der Waals surface area contributed by atoms with E-state index in [1.54, 1.807) is 6.07 Å². The number of amides is 1. The minimum atomic E-state index is -1.28. The first kappa shape index (κ1) is 28.8. The van der Waals surface area contributed by atoms with Gasteiger partial charge in [0.15, 0.2) is 11.3 Å². The normalized spacial score (nSPS) is 12.8. The lowest BCUT2D eigenvalue weighted by atomic mass is 10.00. The number of rotatable bonds is 11. The van der Waals surface area contributed by atoms with Crippen molar-refractivity contribution in [2.24, 2.45) is 5.73 Å². The fourth-order valence-corrected chi connectivity index (χ4v) is 4.77. The molecule has 1 aromatic heterocycles. The summed E-state index contributed by atoms with van der Waals surface area (Å²) in [6.07, 6.45) is 0.849. The molecule has 4 N–H and O–H groups in total. The Labute approximate surface area is 230 Å². The quantitative estimate of drug-likeness (QED) is 0.249. The van der Waals surface area contributed by atoms with Crippen molar-refractivity contribution in [3.63, 3.8) is 0 Å². The Morgan fingerprint density at radius 2 is 1.70 bits per heavy atom. The largest absolute Gasteiger partial charge is 0.504 e. The molecule has 4 aromatic rings. The first-order valence-corrected chi connectivity index (χ1v) is 12.8. The number of phenols is 1. The van der Waals surface area contributed by atoms with Gasteiger partial charge in [-0.1, -0.05) is 31.2 Å². The monoisotopic (exact) mass is 554 g/mol. The third kappa shape index (κ3) is 6.03. The van der Waals surface area contributed by atoms with Crippen LogP contribution in [0.3, 0.4) is 0 Å². The summed E-state index contributed by atoms with van der Waals surface area (Å²) in [7, 11) is 2.70. The number of methoxy groups -OCH3 is 2. The summed E-state index contributed by atoms with van der Waals surface area (Å²) in [6.45, 7) is 1.83. The SMILES string of the molecule is CCc1cccc(CN(C[C@@H](O)[C@@H](N)Cc2cc(F)cc(F)c2)C(=O)c2c(O)c(OC)c3occc3c2OC)c1. The lowest BCUT2D eigenvalue weighted by Gasteiger charge is -2.29. The van der Waals surface area contributed by atoms with E-state index < -0.39 is 35.4 Å². The van der Waals surface area contributed by atoms with Gasteiger partial charge in [0.2, 0.25) is 5.75 Å². The molecule has 0 fully saturated rings. The van der Waals surface area contributed by atoms with Gasteiger partial charge in [-0.05, 0) is 47.7 Å². The van der Waals surface area contributed by atoms with Gasteiger partial charge in [-0.15, -0.1) is 0 Å². The number of nitrogens with zero attached hydrogens (tertiary/aromatic N) is 1. The van der Waals surface area contributed by atoms with Gasteiger partial charge in [-0.2, -0.15) is 0 Å². The number of halogens is 2. The number of aliphatic hydroxyl groups is 1. The molecule has 212 valence electrons. The molecule has 0 aliphatic heterocycles. The molecule has 0 spiro atoms. The zero-order valence-corrected chi connectivity index (χ0v) is 22.5. The van der Waals surface area contributed by atoms with E-state index in [9.17, 15) is 23.8 Å². The van der Waals surface area contributed by atoms with E-state index in [1.165, 1.54) is 25.4 Å². The zero-order valence-electron chi connectivity index (χ0n) is 22.5. The maximum absolute atomic E-state index is 14.1. The highest BCUT2D eigenvalue weighted by Gasteiger charge is 2.32. The first-order chi connectivity index (χ1) is 19.2. The van der Waals surface area contributed by atoms with Crippen molar-refractivity contribution in [1.82, 2.24) is 4.90 Å². The number of aromatic hydroxyl groups is 1. The van der Waals surface area contributed by atoms with Crippen LogP contribution in [0, 0.1) is 11.6 Å². The highest BCUT2D eigenvalue weighted by molar-refractivity contribution is 6.08. The van der Waals surface area contributed by atoms with E-state index in [1.807, 2.05) is 31.2 Å². The number of hydrogen-bond acceptors (Lipinski definition) is 7. The maximum Gasteiger partial charge on any atom is 0.261 e. The number of benzene rings is 3. The smallest absolute Gasteiger partial charge is 0.261 e. The number of furan rings is 1. The van der Waals surface area contributed by atoms with Crippen molar-refractivity contribution < 1.29 is 37.7 Å². The van der Waals surface area contributed by atoms with Crippen molar-refractivity contribution >= 4 is 16.9 Å². The van der Waals surface area contributed by atoms with E-state index in [0.717, 1.165) is 35.7 Å². The molecule has 0 aliphatic carbocycles. The molecule has 2 atom stereocenters. The average molecular weight is 555 g/mol. The Hall–Kier alpha value is -4.15. The molecule has 0 saturated heterocycles. The van der Waals surface area contributed by atoms with E-state index in [0.29, 0.717) is 5.39 Å². The molecule has 0 aliphatic rings. The zero-order chi connectivity index (χ0) is 29.0. The molecule has 4 rings (SSSR count). The van der Waals surface area contributed by atoms with Crippen molar-refractivity contribution in [2.45, 2.75) is 38.5 Å². The van der Waals surface area contributed by atoms with Crippen LogP contribution in [-0.2, 0) is 19.4 Å². The Balaban J connectivity index is 1.71. The van der Waals surface area contributed by atoms with Gasteiger partial charge in [-0.3, -0.25) is 4.79 Å². The standard InChI is InChI=1S/C30H32F2N2O6/c1-4-17-6-5-7-18(10-17)15-34(16-24(35)23(33)13-19-11-20(31)14-21(32)12-19)30(37)25-26(36)29(39-3)28-22(8-9-40-28)27(25)38-2/h5-12,14,23-24,35-36H,4,13,15-16,33H2,1-3H3/t23-,24+/m0/s1. The molecule has 1 heterocycles. The van der Waals surface area contributed by atoms with Crippen molar-refractivity contribution in [3.8, 4) is 17.2 Å². The number of nitrogens with two attached hydrogens (primary N) is 1. The van der Waals surface area contributed by atoms with Crippen LogP contribution < -0.4 is 15.2 Å². The predicted molar refractivity (Wildman–Crippen MR) is 146 cm³/mol. The third-order valence-corrected chi connectivity index (χ3v) is 6.77. The molecule has 10 heteroatoms. The van der Waals surface area contributed by atoms with E-state index in [-0.39, 0.29) is 47.7 Å². The van der Waals surface area contributed by atoms with Crippen LogP contribution in [0.5, 0.6) is 17.2 Å². The minimum Gasteiger partial charge on any atom is -0.504 e. The topological polar surface area (TPSA) is 118 Å². The lowest BCUT2D eigenvalue weighted by molar-refractivity contribution is 0.0548. The molecule has 0 saturated carbocycles. The summed E-state index contributed by atoms with van der Waals surface area (Å²) >= 11 is 0. The van der Waals surface area contributed by atoms with E-state index in [2.05, 4.69) is 0 Å². The van der Waals surface area contributed by atoms with Crippen molar-refractivity contribution in [3.05, 3.63) is 88.7 Å². The lowest BCUT2D eigenvalue weighted by Crippen LogP contribution is -2.46. The van der Waals surface area contributed by atoms with Crippen LogP contribution in [0.4, 0.5) is 8.78 Å². The molecule has 1 amide bonds. The molecule has 40 heavy (non-hydrogen) atoms. The molecule has 3 aromatic carbocycles. The highest BCUT2D eigenvalue weighted by Crippen LogP contribution is 2.46. The second-order valence-electron chi connectivity index (χ2n) is 9.53. The van der Waals surface area contributed by atoms with Crippen LogP contribution in [0.15, 0.2) is 59.2 Å². The Kier molecular flexibility index (Phi) is 8.91. The number of fused-ring (bicyclic) bond motifs is 1. The Morgan fingerprint density at radius 3 is 2.35 bits per heavy atom. The van der Waals surface area contributed by atoms with Crippen LogP contribution in [0.1, 0.15) is 34.0 Å². The van der Waals surface area contributed by atoms with Crippen LogP contribution in [0.2, 0.25) is 0 Å². The first-order valence-electron chi connectivity index (χ1n) is 12.8. The van der Waals surface area contributed by atoms with Crippen LogP contribution in [-0.4, -0.2) is 53.9 Å². The number of hydrogen-bond donors (Lipinski definition) is 3. The van der Waals surface area contributed by atoms with Crippen LogP contribution >= 0.6 is 0 Å². The van der Waals surface area contributed by atoms with Gasteiger partial charge in [-0.25, -0.2) is 8.78 Å².